The van der Waals surface area contributed by atoms with E-state index in [1.54, 1.807) is 4.90 Å². The maximum atomic E-state index is 10.7. The van der Waals surface area contributed by atoms with E-state index in [4.69, 9.17) is 0 Å². The van der Waals surface area contributed by atoms with Crippen molar-refractivity contribution in [2.24, 2.45) is 0 Å². The van der Waals surface area contributed by atoms with Crippen LogP contribution in [-0.4, -0.2) is 39.5 Å². The van der Waals surface area contributed by atoms with Crippen molar-refractivity contribution in [3.63, 3.8) is 0 Å². The molecule has 3 nitrogen and oxygen atoms in total. The number of aryl methyl sites for hydroxylation is 1. The van der Waals surface area contributed by atoms with Crippen LogP contribution in [0.3, 0.4) is 0 Å². The summed E-state index contributed by atoms with van der Waals surface area (Å²) >= 11 is 0. The first-order valence-corrected chi connectivity index (χ1v) is 5.83. The molecule has 0 spiro atoms. The van der Waals surface area contributed by atoms with Crippen LogP contribution in [0.15, 0.2) is 18.2 Å². The van der Waals surface area contributed by atoms with Crippen molar-refractivity contribution in [3.05, 3.63) is 29.3 Å². The van der Waals surface area contributed by atoms with Gasteiger partial charge >= 0.3 is 0 Å². The van der Waals surface area contributed by atoms with Crippen molar-refractivity contribution in [2.75, 3.05) is 38.1 Å². The third-order valence-electron chi connectivity index (χ3n) is 3.31. The molecular weight excluding hydrogens is 200 g/mol. The van der Waals surface area contributed by atoms with E-state index in [2.05, 4.69) is 24.9 Å². The number of rotatable bonds is 2. The summed E-state index contributed by atoms with van der Waals surface area (Å²) < 4.78 is 0. The van der Waals surface area contributed by atoms with Crippen molar-refractivity contribution >= 4 is 12.0 Å². The molecule has 1 aliphatic heterocycles. The van der Waals surface area contributed by atoms with Crippen LogP contribution in [0.25, 0.3) is 0 Å². The SMILES string of the molecule is Cc1cc(C=O)ccc1N1CC[NH+](C)CC1. The molecule has 0 bridgehead atoms. The highest BCUT2D eigenvalue weighted by atomic mass is 16.1. The van der Waals surface area contributed by atoms with Gasteiger partial charge in [0, 0.05) is 11.3 Å². The summed E-state index contributed by atoms with van der Waals surface area (Å²) in [6, 6.07) is 5.94. The number of nitrogens with zero attached hydrogens (tertiary/aromatic N) is 1. The van der Waals surface area contributed by atoms with Crippen LogP contribution in [0.1, 0.15) is 15.9 Å². The Hall–Kier alpha value is -1.35. The number of carbonyl (C=O) groups excluding carboxylic acids is 1. The standard InChI is InChI=1S/C13H18N2O/c1-11-9-12(10-16)3-4-13(11)15-7-5-14(2)6-8-15/h3-4,9-10H,5-8H2,1-2H3/p+1. The monoisotopic (exact) mass is 219 g/mol. The Bertz CT molecular complexity index is 382. The average Bonchev–Trinajstić information content (AvgIpc) is 2.30. The molecule has 2 rings (SSSR count). The molecule has 0 amide bonds. The minimum absolute atomic E-state index is 0.765. The summed E-state index contributed by atoms with van der Waals surface area (Å²) in [7, 11) is 2.24. The van der Waals surface area contributed by atoms with Crippen LogP contribution >= 0.6 is 0 Å². The Labute approximate surface area is 96.7 Å². The number of anilines is 1. The molecule has 16 heavy (non-hydrogen) atoms. The van der Waals surface area contributed by atoms with E-state index in [1.165, 1.54) is 24.3 Å². The Morgan fingerprint density at radius 1 is 1.31 bits per heavy atom. The van der Waals surface area contributed by atoms with Gasteiger partial charge in [-0.25, -0.2) is 0 Å². The minimum Gasteiger partial charge on any atom is -0.360 e. The molecule has 1 N–H and O–H groups in total. The van der Waals surface area contributed by atoms with Crippen molar-refractivity contribution in [1.29, 1.82) is 0 Å². The summed E-state index contributed by atoms with van der Waals surface area (Å²) in [6.07, 6.45) is 0.908. The van der Waals surface area contributed by atoms with Gasteiger partial charge in [-0.2, -0.15) is 0 Å². The van der Waals surface area contributed by atoms with Crippen molar-refractivity contribution < 1.29 is 9.69 Å². The Balaban J connectivity index is 2.17. The zero-order valence-corrected chi connectivity index (χ0v) is 9.99. The van der Waals surface area contributed by atoms with E-state index in [0.717, 1.165) is 24.9 Å². The van der Waals surface area contributed by atoms with Gasteiger partial charge in [0.2, 0.25) is 0 Å². The quantitative estimate of drug-likeness (QED) is 0.716. The van der Waals surface area contributed by atoms with Crippen LogP contribution in [-0.2, 0) is 0 Å². The third-order valence-corrected chi connectivity index (χ3v) is 3.31. The second-order valence-corrected chi connectivity index (χ2v) is 4.61. The molecule has 1 fully saturated rings. The molecule has 0 aromatic heterocycles. The third kappa shape index (κ3) is 2.25. The normalized spacial score (nSPS) is 17.5. The second kappa shape index (κ2) is 4.66. The zero-order valence-electron chi connectivity index (χ0n) is 9.99. The topological polar surface area (TPSA) is 24.8 Å². The molecule has 1 aliphatic rings. The second-order valence-electron chi connectivity index (χ2n) is 4.61. The fourth-order valence-corrected chi connectivity index (χ4v) is 2.24. The molecule has 1 heterocycles. The summed E-state index contributed by atoms with van der Waals surface area (Å²) in [5.74, 6) is 0. The first kappa shape index (κ1) is 11.1. The summed E-state index contributed by atoms with van der Waals surface area (Å²) in [5, 5.41) is 0. The number of aldehydes is 1. The fraction of sp³-hybridized carbons (Fsp3) is 0.462. The number of quaternary nitrogens is 1. The van der Waals surface area contributed by atoms with Gasteiger partial charge in [0.25, 0.3) is 0 Å². The highest BCUT2D eigenvalue weighted by Crippen LogP contribution is 2.20. The Kier molecular flexibility index (Phi) is 3.25. The highest BCUT2D eigenvalue weighted by Gasteiger charge is 2.18. The lowest BCUT2D eigenvalue weighted by Crippen LogP contribution is -3.12. The van der Waals surface area contributed by atoms with Gasteiger partial charge in [-0.3, -0.25) is 4.79 Å². The molecule has 1 saturated heterocycles. The molecule has 3 heteroatoms. The van der Waals surface area contributed by atoms with E-state index in [-0.39, 0.29) is 0 Å². The number of piperazine rings is 1. The average molecular weight is 219 g/mol. The number of likely N-dealkylation sites (N-methyl/N-ethyl adjacent to an activating group) is 1. The predicted octanol–water partition coefficient (Wildman–Crippen LogP) is 0.142. The maximum absolute atomic E-state index is 10.7. The van der Waals surface area contributed by atoms with Crippen molar-refractivity contribution in [2.45, 2.75) is 6.92 Å². The number of benzene rings is 1. The van der Waals surface area contributed by atoms with E-state index in [9.17, 15) is 4.79 Å². The lowest BCUT2D eigenvalue weighted by Gasteiger charge is -2.32. The maximum Gasteiger partial charge on any atom is 0.150 e. The van der Waals surface area contributed by atoms with E-state index >= 15 is 0 Å². The lowest BCUT2D eigenvalue weighted by atomic mass is 10.1. The molecule has 0 saturated carbocycles. The smallest absolute Gasteiger partial charge is 0.150 e. The molecule has 1 aromatic carbocycles. The van der Waals surface area contributed by atoms with Crippen LogP contribution in [0, 0.1) is 6.92 Å². The molecule has 0 unspecified atom stereocenters. The molecule has 0 radical (unpaired) electrons. The van der Waals surface area contributed by atoms with Crippen molar-refractivity contribution in [3.8, 4) is 0 Å². The van der Waals surface area contributed by atoms with Gasteiger partial charge in [-0.1, -0.05) is 0 Å². The molecule has 86 valence electrons. The van der Waals surface area contributed by atoms with E-state index in [1.807, 2.05) is 12.1 Å². The van der Waals surface area contributed by atoms with E-state index in [0.29, 0.717) is 0 Å². The first-order valence-electron chi connectivity index (χ1n) is 5.83. The van der Waals surface area contributed by atoms with Crippen LogP contribution in [0.2, 0.25) is 0 Å². The van der Waals surface area contributed by atoms with Crippen LogP contribution in [0.5, 0.6) is 0 Å². The van der Waals surface area contributed by atoms with Gasteiger partial charge < -0.3 is 9.80 Å². The fourth-order valence-electron chi connectivity index (χ4n) is 2.24. The van der Waals surface area contributed by atoms with Gasteiger partial charge in [0.1, 0.15) is 6.29 Å². The number of carbonyl (C=O) groups is 1. The zero-order chi connectivity index (χ0) is 11.5. The summed E-state index contributed by atoms with van der Waals surface area (Å²) in [6.45, 7) is 6.66. The first-order chi connectivity index (χ1) is 7.70. The predicted molar refractivity (Wildman–Crippen MR) is 65.4 cm³/mol. The molecule has 0 aliphatic carbocycles. The summed E-state index contributed by atoms with van der Waals surface area (Å²) in [5.41, 5.74) is 3.24. The van der Waals surface area contributed by atoms with Gasteiger partial charge in [-0.15, -0.1) is 0 Å². The molecule has 1 aromatic rings. The van der Waals surface area contributed by atoms with Crippen LogP contribution in [0.4, 0.5) is 5.69 Å². The minimum atomic E-state index is 0.765. The highest BCUT2D eigenvalue weighted by molar-refractivity contribution is 5.77. The number of hydrogen-bond donors (Lipinski definition) is 1. The van der Waals surface area contributed by atoms with Gasteiger partial charge in [-0.05, 0) is 30.7 Å². The van der Waals surface area contributed by atoms with Crippen LogP contribution < -0.4 is 9.80 Å². The number of hydrogen-bond acceptors (Lipinski definition) is 2. The summed E-state index contributed by atoms with van der Waals surface area (Å²) in [4.78, 5) is 14.7. The van der Waals surface area contributed by atoms with Gasteiger partial charge in [0.15, 0.2) is 0 Å². The molecule has 0 atom stereocenters. The van der Waals surface area contributed by atoms with Gasteiger partial charge in [0.05, 0.1) is 33.2 Å². The lowest BCUT2D eigenvalue weighted by molar-refractivity contribution is -0.880. The molecular formula is C13H19N2O+. The van der Waals surface area contributed by atoms with E-state index < -0.39 is 0 Å². The largest absolute Gasteiger partial charge is 0.360 e. The Morgan fingerprint density at radius 3 is 2.56 bits per heavy atom. The van der Waals surface area contributed by atoms with Crippen molar-refractivity contribution in [1.82, 2.24) is 0 Å². The number of nitrogens with one attached hydrogen (secondary N) is 1. The Morgan fingerprint density at radius 2 is 2.00 bits per heavy atom.